The molecular formula is C19H16. The zero-order valence-corrected chi connectivity index (χ0v) is 10.9. The fourth-order valence-corrected chi connectivity index (χ4v) is 3.43. The maximum atomic E-state index is 4.34. The molecule has 0 saturated carbocycles. The maximum absolute atomic E-state index is 4.34. The summed E-state index contributed by atoms with van der Waals surface area (Å²) in [5.74, 6) is 0.504. The SMILES string of the molecule is C=C1c2ccccc2CC1C1=Cc2ccccc2C1. The lowest BCUT2D eigenvalue weighted by atomic mass is 9.91. The molecule has 0 heteroatoms. The van der Waals surface area contributed by atoms with Crippen LogP contribution in [0.3, 0.4) is 0 Å². The Morgan fingerprint density at radius 3 is 2.42 bits per heavy atom. The van der Waals surface area contributed by atoms with E-state index in [0.29, 0.717) is 5.92 Å². The van der Waals surface area contributed by atoms with Gasteiger partial charge in [-0.15, -0.1) is 0 Å². The van der Waals surface area contributed by atoms with Crippen molar-refractivity contribution in [2.75, 3.05) is 0 Å². The first-order valence-corrected chi connectivity index (χ1v) is 6.88. The number of hydrogen-bond acceptors (Lipinski definition) is 0. The van der Waals surface area contributed by atoms with Gasteiger partial charge in [-0.1, -0.05) is 66.8 Å². The van der Waals surface area contributed by atoms with E-state index in [1.807, 2.05) is 0 Å². The first kappa shape index (κ1) is 10.8. The van der Waals surface area contributed by atoms with E-state index in [2.05, 4.69) is 61.2 Å². The minimum Gasteiger partial charge on any atom is -0.0946 e. The average molecular weight is 244 g/mol. The molecule has 1 unspecified atom stereocenters. The van der Waals surface area contributed by atoms with Gasteiger partial charge in [0.05, 0.1) is 0 Å². The highest BCUT2D eigenvalue weighted by atomic mass is 14.3. The van der Waals surface area contributed by atoms with Crippen LogP contribution in [0.15, 0.2) is 60.7 Å². The third kappa shape index (κ3) is 1.60. The van der Waals surface area contributed by atoms with Crippen LogP contribution in [0.1, 0.15) is 22.3 Å². The fraction of sp³-hybridized carbons (Fsp3) is 0.158. The lowest BCUT2D eigenvalue weighted by Gasteiger charge is -2.12. The van der Waals surface area contributed by atoms with Crippen LogP contribution in [0.25, 0.3) is 11.6 Å². The summed E-state index contributed by atoms with van der Waals surface area (Å²) in [7, 11) is 0. The van der Waals surface area contributed by atoms with E-state index in [-0.39, 0.29) is 0 Å². The number of rotatable bonds is 1. The van der Waals surface area contributed by atoms with Crippen molar-refractivity contribution in [3.05, 3.63) is 82.9 Å². The highest BCUT2D eigenvalue weighted by molar-refractivity contribution is 5.78. The summed E-state index contributed by atoms with van der Waals surface area (Å²) < 4.78 is 0. The third-order valence-electron chi connectivity index (χ3n) is 4.45. The van der Waals surface area contributed by atoms with Crippen molar-refractivity contribution in [1.82, 2.24) is 0 Å². The molecule has 2 aliphatic rings. The Kier molecular flexibility index (Phi) is 2.25. The second kappa shape index (κ2) is 3.96. The van der Waals surface area contributed by atoms with E-state index in [4.69, 9.17) is 0 Å². The molecule has 0 saturated heterocycles. The predicted octanol–water partition coefficient (Wildman–Crippen LogP) is 4.51. The summed E-state index contributed by atoms with van der Waals surface area (Å²) in [6.45, 7) is 4.34. The summed E-state index contributed by atoms with van der Waals surface area (Å²) in [6, 6.07) is 17.4. The molecule has 2 aliphatic carbocycles. The van der Waals surface area contributed by atoms with Crippen molar-refractivity contribution in [2.45, 2.75) is 12.8 Å². The van der Waals surface area contributed by atoms with Gasteiger partial charge in [0, 0.05) is 5.92 Å². The molecule has 0 nitrogen and oxygen atoms in total. The lowest BCUT2D eigenvalue weighted by molar-refractivity contribution is 0.795. The second-order valence-electron chi connectivity index (χ2n) is 5.53. The number of hydrogen-bond donors (Lipinski definition) is 0. The molecule has 0 spiro atoms. The molecule has 0 fully saturated rings. The Hall–Kier alpha value is -2.08. The van der Waals surface area contributed by atoms with Crippen LogP contribution in [0.4, 0.5) is 0 Å². The highest BCUT2D eigenvalue weighted by Crippen LogP contribution is 2.43. The van der Waals surface area contributed by atoms with Crippen molar-refractivity contribution in [2.24, 2.45) is 5.92 Å². The Morgan fingerprint density at radius 2 is 1.63 bits per heavy atom. The van der Waals surface area contributed by atoms with Gasteiger partial charge in [-0.25, -0.2) is 0 Å². The standard InChI is InChI=1S/C19H16/c1-13-18-9-5-4-8-16(18)12-19(13)17-10-14-6-2-3-7-15(14)11-17/h2-10,19H,1,11-12H2. The minimum atomic E-state index is 0.504. The Bertz CT molecular complexity index is 703. The number of benzene rings is 2. The normalized spacial score (nSPS) is 20.1. The first-order chi connectivity index (χ1) is 9.33. The minimum absolute atomic E-state index is 0.504. The quantitative estimate of drug-likeness (QED) is 0.692. The van der Waals surface area contributed by atoms with Crippen molar-refractivity contribution in [1.29, 1.82) is 0 Å². The summed E-state index contributed by atoms with van der Waals surface area (Å²) in [5.41, 5.74) is 8.50. The molecule has 0 aliphatic heterocycles. The zero-order valence-electron chi connectivity index (χ0n) is 10.9. The van der Waals surface area contributed by atoms with E-state index in [1.165, 1.54) is 33.4 Å². The largest absolute Gasteiger partial charge is 0.0946 e. The van der Waals surface area contributed by atoms with Gasteiger partial charge in [0.1, 0.15) is 0 Å². The predicted molar refractivity (Wildman–Crippen MR) is 80.8 cm³/mol. The van der Waals surface area contributed by atoms with Crippen molar-refractivity contribution >= 4 is 11.6 Å². The lowest BCUT2D eigenvalue weighted by Crippen LogP contribution is -2.02. The van der Waals surface area contributed by atoms with Gasteiger partial charge in [0.15, 0.2) is 0 Å². The van der Waals surface area contributed by atoms with Gasteiger partial charge in [-0.2, -0.15) is 0 Å². The molecule has 0 heterocycles. The van der Waals surface area contributed by atoms with Crippen LogP contribution in [-0.2, 0) is 12.8 Å². The number of allylic oxidation sites excluding steroid dienone is 2. The van der Waals surface area contributed by atoms with Crippen molar-refractivity contribution in [3.63, 3.8) is 0 Å². The van der Waals surface area contributed by atoms with E-state index >= 15 is 0 Å². The van der Waals surface area contributed by atoms with E-state index in [1.54, 1.807) is 0 Å². The molecule has 0 radical (unpaired) electrons. The van der Waals surface area contributed by atoms with Crippen molar-refractivity contribution < 1.29 is 0 Å². The summed E-state index contributed by atoms with van der Waals surface area (Å²) in [6.07, 6.45) is 4.58. The summed E-state index contributed by atoms with van der Waals surface area (Å²) >= 11 is 0. The van der Waals surface area contributed by atoms with Crippen molar-refractivity contribution in [3.8, 4) is 0 Å². The molecule has 2 aromatic rings. The summed E-state index contributed by atoms with van der Waals surface area (Å²) in [4.78, 5) is 0. The second-order valence-corrected chi connectivity index (χ2v) is 5.53. The van der Waals surface area contributed by atoms with Crippen LogP contribution in [-0.4, -0.2) is 0 Å². The van der Waals surface area contributed by atoms with Gasteiger partial charge in [0.2, 0.25) is 0 Å². The molecule has 2 aromatic carbocycles. The van der Waals surface area contributed by atoms with Crippen LogP contribution < -0.4 is 0 Å². The van der Waals surface area contributed by atoms with Crippen LogP contribution >= 0.6 is 0 Å². The topological polar surface area (TPSA) is 0 Å². The van der Waals surface area contributed by atoms with Gasteiger partial charge in [-0.05, 0) is 40.7 Å². The van der Waals surface area contributed by atoms with E-state index in [9.17, 15) is 0 Å². The Labute approximate surface area is 114 Å². The highest BCUT2D eigenvalue weighted by Gasteiger charge is 2.29. The fourth-order valence-electron chi connectivity index (χ4n) is 3.43. The molecule has 92 valence electrons. The van der Waals surface area contributed by atoms with E-state index < -0.39 is 0 Å². The van der Waals surface area contributed by atoms with E-state index in [0.717, 1.165) is 12.8 Å². The molecule has 0 N–H and O–H groups in total. The van der Waals surface area contributed by atoms with Gasteiger partial charge < -0.3 is 0 Å². The molecule has 0 amide bonds. The molecular weight excluding hydrogens is 228 g/mol. The number of fused-ring (bicyclic) bond motifs is 2. The molecule has 4 rings (SSSR count). The molecule has 1 atom stereocenters. The first-order valence-electron chi connectivity index (χ1n) is 6.88. The maximum Gasteiger partial charge on any atom is 0.00956 e. The average Bonchev–Trinajstić information content (AvgIpc) is 3.00. The summed E-state index contributed by atoms with van der Waals surface area (Å²) in [5, 5.41) is 0. The Morgan fingerprint density at radius 1 is 0.895 bits per heavy atom. The van der Waals surface area contributed by atoms with Crippen LogP contribution in [0.5, 0.6) is 0 Å². The molecule has 0 aromatic heterocycles. The van der Waals surface area contributed by atoms with Crippen LogP contribution in [0.2, 0.25) is 0 Å². The van der Waals surface area contributed by atoms with Gasteiger partial charge in [0.25, 0.3) is 0 Å². The zero-order chi connectivity index (χ0) is 12.8. The molecule has 0 bridgehead atoms. The molecule has 19 heavy (non-hydrogen) atoms. The smallest absolute Gasteiger partial charge is 0.00956 e. The Balaban J connectivity index is 1.70. The van der Waals surface area contributed by atoms with Crippen LogP contribution in [0, 0.1) is 5.92 Å². The third-order valence-corrected chi connectivity index (χ3v) is 4.45. The van der Waals surface area contributed by atoms with Gasteiger partial charge in [-0.3, -0.25) is 0 Å². The van der Waals surface area contributed by atoms with Gasteiger partial charge >= 0.3 is 0 Å². The monoisotopic (exact) mass is 244 g/mol.